The normalized spacial score (nSPS) is 19.2. The number of hydrogen-bond acceptors (Lipinski definition) is 5. The fourth-order valence-electron chi connectivity index (χ4n) is 2.91. The Kier molecular flexibility index (Phi) is 4.31. The Morgan fingerprint density at radius 3 is 2.71 bits per heavy atom. The first-order valence-corrected chi connectivity index (χ1v) is 9.71. The third-order valence-electron chi connectivity index (χ3n) is 4.10. The molecule has 1 aliphatic rings. The van der Waals surface area contributed by atoms with Crippen LogP contribution >= 0.6 is 0 Å². The molecule has 0 bridgehead atoms. The van der Waals surface area contributed by atoms with Crippen LogP contribution in [0.5, 0.6) is 0 Å². The predicted octanol–water partition coefficient (Wildman–Crippen LogP) is 0.616. The average Bonchev–Trinajstić information content (AvgIpc) is 3.11. The summed E-state index contributed by atoms with van der Waals surface area (Å²) in [7, 11) is -3.20. The number of rotatable bonds is 4. The number of pyridine rings is 1. The molecule has 2 aromatic heterocycles. The summed E-state index contributed by atoms with van der Waals surface area (Å²) < 4.78 is 26.6. The highest BCUT2D eigenvalue weighted by atomic mass is 32.2. The minimum absolute atomic E-state index is 0.0295. The lowest BCUT2D eigenvalue weighted by molar-refractivity contribution is 0.0942. The molecule has 2 aromatic rings. The van der Waals surface area contributed by atoms with Crippen molar-refractivity contribution in [1.82, 2.24) is 24.2 Å². The fourth-order valence-corrected chi connectivity index (χ4v) is 3.79. The molecule has 0 saturated carbocycles. The van der Waals surface area contributed by atoms with Crippen LogP contribution in [0.3, 0.4) is 0 Å². The van der Waals surface area contributed by atoms with Gasteiger partial charge in [-0.05, 0) is 32.4 Å². The van der Waals surface area contributed by atoms with Crippen molar-refractivity contribution in [2.45, 2.75) is 32.2 Å². The number of nitrogens with zero attached hydrogens (tertiary/aromatic N) is 4. The third kappa shape index (κ3) is 3.27. The Bertz CT molecular complexity index is 874. The molecule has 1 fully saturated rings. The van der Waals surface area contributed by atoms with Crippen LogP contribution in [0.2, 0.25) is 0 Å². The Balaban J connectivity index is 1.91. The smallest absolute Gasteiger partial charge is 0.252 e. The zero-order valence-corrected chi connectivity index (χ0v) is 14.7. The molecule has 0 unspecified atom stereocenters. The van der Waals surface area contributed by atoms with E-state index in [-0.39, 0.29) is 17.9 Å². The molecular formula is C15H21N5O3S. The summed E-state index contributed by atoms with van der Waals surface area (Å²) in [5.74, 6) is 0.504. The van der Waals surface area contributed by atoms with Crippen LogP contribution in [0.25, 0.3) is 5.65 Å². The van der Waals surface area contributed by atoms with Gasteiger partial charge in [0.05, 0.1) is 11.8 Å². The topological polar surface area (TPSA) is 96.7 Å². The van der Waals surface area contributed by atoms with Gasteiger partial charge < -0.3 is 5.32 Å². The lowest BCUT2D eigenvalue weighted by atomic mass is 10.1. The van der Waals surface area contributed by atoms with E-state index in [0.717, 1.165) is 0 Å². The van der Waals surface area contributed by atoms with Gasteiger partial charge in [-0.3, -0.25) is 9.20 Å². The summed E-state index contributed by atoms with van der Waals surface area (Å²) >= 11 is 0. The first-order valence-electron chi connectivity index (χ1n) is 7.86. The molecular weight excluding hydrogens is 330 g/mol. The van der Waals surface area contributed by atoms with Crippen molar-refractivity contribution in [3.63, 3.8) is 0 Å². The van der Waals surface area contributed by atoms with E-state index in [1.54, 1.807) is 22.7 Å². The van der Waals surface area contributed by atoms with Crippen molar-refractivity contribution in [3.05, 3.63) is 29.7 Å². The summed E-state index contributed by atoms with van der Waals surface area (Å²) in [6.45, 7) is 4.67. The Labute approximate surface area is 140 Å². The zero-order valence-electron chi connectivity index (χ0n) is 13.9. The van der Waals surface area contributed by atoms with Gasteiger partial charge in [-0.15, -0.1) is 10.2 Å². The standard InChI is InChI=1S/C15H21N5O3S/c1-10(2)16-15(21)12-4-5-13-17-18-14(20(13)9-12)11-6-7-19(8-11)24(3,22)23/h4-5,9-11H,6-8H2,1-3H3,(H,16,21)/t11-/m1/s1. The van der Waals surface area contributed by atoms with Crippen molar-refractivity contribution in [1.29, 1.82) is 0 Å². The molecule has 0 aromatic carbocycles. The lowest BCUT2D eigenvalue weighted by Crippen LogP contribution is -2.30. The minimum Gasteiger partial charge on any atom is -0.350 e. The van der Waals surface area contributed by atoms with E-state index in [2.05, 4.69) is 15.5 Å². The predicted molar refractivity (Wildman–Crippen MR) is 89.4 cm³/mol. The monoisotopic (exact) mass is 351 g/mol. The highest BCUT2D eigenvalue weighted by Crippen LogP contribution is 2.27. The number of carbonyl (C=O) groups excluding carboxylic acids is 1. The average molecular weight is 351 g/mol. The second-order valence-electron chi connectivity index (χ2n) is 6.44. The maximum atomic E-state index is 12.2. The Morgan fingerprint density at radius 1 is 1.33 bits per heavy atom. The van der Waals surface area contributed by atoms with E-state index in [1.807, 2.05) is 13.8 Å². The summed E-state index contributed by atoms with van der Waals surface area (Å²) in [4.78, 5) is 12.2. The number of sulfonamides is 1. The molecule has 1 saturated heterocycles. The molecule has 1 aliphatic heterocycles. The summed E-state index contributed by atoms with van der Waals surface area (Å²) in [6.07, 6.45) is 3.62. The molecule has 0 radical (unpaired) electrons. The van der Waals surface area contributed by atoms with E-state index < -0.39 is 10.0 Å². The van der Waals surface area contributed by atoms with Gasteiger partial charge in [0.2, 0.25) is 10.0 Å². The second-order valence-corrected chi connectivity index (χ2v) is 8.42. The largest absolute Gasteiger partial charge is 0.350 e. The van der Waals surface area contributed by atoms with Crippen LogP contribution in [-0.2, 0) is 10.0 Å². The van der Waals surface area contributed by atoms with Crippen LogP contribution in [-0.4, -0.2) is 58.6 Å². The quantitative estimate of drug-likeness (QED) is 0.871. The van der Waals surface area contributed by atoms with Crippen molar-refractivity contribution in [3.8, 4) is 0 Å². The first-order chi connectivity index (χ1) is 11.3. The number of carbonyl (C=O) groups is 1. The van der Waals surface area contributed by atoms with Gasteiger partial charge in [-0.25, -0.2) is 12.7 Å². The molecule has 8 nitrogen and oxygen atoms in total. The molecule has 24 heavy (non-hydrogen) atoms. The van der Waals surface area contributed by atoms with Crippen molar-refractivity contribution >= 4 is 21.6 Å². The van der Waals surface area contributed by atoms with Crippen LogP contribution in [0.1, 0.15) is 42.4 Å². The molecule has 1 amide bonds. The molecule has 9 heteroatoms. The summed E-state index contributed by atoms with van der Waals surface area (Å²) in [6, 6.07) is 3.50. The van der Waals surface area contributed by atoms with Gasteiger partial charge in [0, 0.05) is 31.2 Å². The lowest BCUT2D eigenvalue weighted by Gasteiger charge is -2.13. The van der Waals surface area contributed by atoms with Gasteiger partial charge >= 0.3 is 0 Å². The van der Waals surface area contributed by atoms with E-state index in [9.17, 15) is 13.2 Å². The van der Waals surface area contributed by atoms with Gasteiger partial charge in [-0.2, -0.15) is 0 Å². The maximum absolute atomic E-state index is 12.2. The molecule has 1 atom stereocenters. The van der Waals surface area contributed by atoms with Crippen LogP contribution in [0.4, 0.5) is 0 Å². The number of aromatic nitrogens is 3. The van der Waals surface area contributed by atoms with Crippen LogP contribution in [0.15, 0.2) is 18.3 Å². The van der Waals surface area contributed by atoms with Crippen LogP contribution in [0, 0.1) is 0 Å². The maximum Gasteiger partial charge on any atom is 0.252 e. The van der Waals surface area contributed by atoms with Crippen molar-refractivity contribution < 1.29 is 13.2 Å². The van der Waals surface area contributed by atoms with E-state index in [4.69, 9.17) is 0 Å². The number of hydrogen-bond donors (Lipinski definition) is 1. The van der Waals surface area contributed by atoms with Gasteiger partial charge in [0.1, 0.15) is 5.82 Å². The summed E-state index contributed by atoms with van der Waals surface area (Å²) in [5.41, 5.74) is 1.17. The van der Waals surface area contributed by atoms with Crippen molar-refractivity contribution in [2.75, 3.05) is 19.3 Å². The number of nitrogens with one attached hydrogen (secondary N) is 1. The summed E-state index contributed by atoms with van der Waals surface area (Å²) in [5, 5.41) is 11.2. The molecule has 3 heterocycles. The minimum atomic E-state index is -3.20. The SMILES string of the molecule is CC(C)NC(=O)c1ccc2nnc([C@@H]3CCN(S(C)(=O)=O)C3)n2c1. The molecule has 130 valence electrons. The van der Waals surface area contributed by atoms with E-state index in [0.29, 0.717) is 36.5 Å². The van der Waals surface area contributed by atoms with Gasteiger partial charge in [0.15, 0.2) is 5.65 Å². The highest BCUT2D eigenvalue weighted by molar-refractivity contribution is 7.88. The number of amides is 1. The second kappa shape index (κ2) is 6.14. The van der Waals surface area contributed by atoms with Gasteiger partial charge in [-0.1, -0.05) is 0 Å². The van der Waals surface area contributed by atoms with Gasteiger partial charge in [0.25, 0.3) is 5.91 Å². The Hall–Kier alpha value is -2.00. The number of fused-ring (bicyclic) bond motifs is 1. The van der Waals surface area contributed by atoms with Crippen molar-refractivity contribution in [2.24, 2.45) is 0 Å². The fraction of sp³-hybridized carbons (Fsp3) is 0.533. The van der Waals surface area contributed by atoms with Crippen LogP contribution < -0.4 is 5.32 Å². The first kappa shape index (κ1) is 16.8. The molecule has 0 aliphatic carbocycles. The van der Waals surface area contributed by atoms with E-state index >= 15 is 0 Å². The zero-order chi connectivity index (χ0) is 17.5. The third-order valence-corrected chi connectivity index (χ3v) is 5.37. The van der Waals surface area contributed by atoms with E-state index in [1.165, 1.54) is 10.6 Å². The Morgan fingerprint density at radius 2 is 2.08 bits per heavy atom. The molecule has 1 N–H and O–H groups in total. The highest BCUT2D eigenvalue weighted by Gasteiger charge is 2.32. The molecule has 0 spiro atoms. The molecule has 3 rings (SSSR count).